The van der Waals surface area contributed by atoms with Crippen LogP contribution in [0.5, 0.6) is 0 Å². The maximum Gasteiger partial charge on any atom is 0.289 e. The molecule has 29 heavy (non-hydrogen) atoms. The number of nitro benzene ring substituents is 1. The number of piperazine rings is 1. The van der Waals surface area contributed by atoms with Crippen LogP contribution < -0.4 is 5.32 Å². The summed E-state index contributed by atoms with van der Waals surface area (Å²) in [6.45, 7) is 3.76. The Morgan fingerprint density at radius 3 is 2.41 bits per heavy atom. The van der Waals surface area contributed by atoms with E-state index in [0.717, 1.165) is 18.7 Å². The first-order valence-electron chi connectivity index (χ1n) is 8.94. The van der Waals surface area contributed by atoms with Gasteiger partial charge in [0.15, 0.2) is 0 Å². The molecule has 1 amide bonds. The molecule has 1 heterocycles. The maximum atomic E-state index is 13.3. The molecule has 1 fully saturated rings. The second kappa shape index (κ2) is 9.49. The molecule has 154 valence electrons. The number of nitrogens with zero attached hydrogens (tertiary/aromatic N) is 3. The van der Waals surface area contributed by atoms with E-state index in [0.29, 0.717) is 25.3 Å². The molecule has 2 aromatic rings. The monoisotopic (exact) mass is 440 g/mol. The second-order valence-corrected chi connectivity index (χ2v) is 7.59. The van der Waals surface area contributed by atoms with Gasteiger partial charge in [-0.3, -0.25) is 24.7 Å². The average Bonchev–Trinajstić information content (AvgIpc) is 2.67. The number of hydrogen-bond acceptors (Lipinski definition) is 5. The Bertz CT molecular complexity index is 920. The van der Waals surface area contributed by atoms with E-state index in [1.54, 1.807) is 12.1 Å². The average molecular weight is 441 g/mol. The van der Waals surface area contributed by atoms with E-state index < -0.39 is 10.7 Å². The number of nitro groups is 1. The lowest BCUT2D eigenvalue weighted by molar-refractivity contribution is -0.384. The van der Waals surface area contributed by atoms with Gasteiger partial charge in [-0.15, -0.1) is 0 Å². The van der Waals surface area contributed by atoms with Crippen LogP contribution in [0.4, 0.5) is 15.8 Å². The Kier molecular flexibility index (Phi) is 7.02. The molecule has 10 heteroatoms. The molecule has 0 unspecified atom stereocenters. The summed E-state index contributed by atoms with van der Waals surface area (Å²) in [5, 5.41) is 13.7. The summed E-state index contributed by atoms with van der Waals surface area (Å²) in [7, 11) is 0. The van der Waals surface area contributed by atoms with Crippen LogP contribution in [-0.4, -0.2) is 53.4 Å². The highest BCUT2D eigenvalue weighted by molar-refractivity contribution is 6.32. The number of carbonyl (C=O) groups is 1. The predicted molar refractivity (Wildman–Crippen MR) is 110 cm³/mol. The van der Waals surface area contributed by atoms with Crippen molar-refractivity contribution in [3.8, 4) is 0 Å². The van der Waals surface area contributed by atoms with Gasteiger partial charge in [-0.1, -0.05) is 29.3 Å². The third-order valence-corrected chi connectivity index (χ3v) is 5.26. The first-order valence-corrected chi connectivity index (χ1v) is 9.70. The largest absolute Gasteiger partial charge is 0.325 e. The zero-order valence-electron chi connectivity index (χ0n) is 15.4. The van der Waals surface area contributed by atoms with E-state index in [-0.39, 0.29) is 28.2 Å². The summed E-state index contributed by atoms with van der Waals surface area (Å²) in [6.07, 6.45) is 0. The standard InChI is InChI=1S/C19H19Cl2FN4O3/c20-15-3-2-14(10-18(15)26(28)29)23-19(27)12-25-7-5-24(6-8-25)11-13-1-4-17(22)16(21)9-13/h1-4,9-10H,5-8,11-12H2,(H,23,27). The Morgan fingerprint density at radius 2 is 1.76 bits per heavy atom. The summed E-state index contributed by atoms with van der Waals surface area (Å²) in [4.78, 5) is 26.8. The Morgan fingerprint density at radius 1 is 1.07 bits per heavy atom. The van der Waals surface area contributed by atoms with Crippen molar-refractivity contribution in [2.75, 3.05) is 38.0 Å². The van der Waals surface area contributed by atoms with Crippen LogP contribution in [0.2, 0.25) is 10.0 Å². The predicted octanol–water partition coefficient (Wildman–Crippen LogP) is 3.80. The van der Waals surface area contributed by atoms with Gasteiger partial charge in [-0.25, -0.2) is 4.39 Å². The Hall–Kier alpha value is -2.26. The zero-order chi connectivity index (χ0) is 21.0. The first-order chi connectivity index (χ1) is 13.8. The summed E-state index contributed by atoms with van der Waals surface area (Å²) in [5.74, 6) is -0.683. The molecule has 0 bridgehead atoms. The lowest BCUT2D eigenvalue weighted by Crippen LogP contribution is -2.48. The third-order valence-electron chi connectivity index (χ3n) is 4.65. The molecular weight excluding hydrogens is 422 g/mol. The molecule has 3 rings (SSSR count). The van der Waals surface area contributed by atoms with Crippen molar-refractivity contribution in [1.29, 1.82) is 0 Å². The molecule has 1 saturated heterocycles. The molecule has 1 aliphatic rings. The smallest absolute Gasteiger partial charge is 0.289 e. The maximum absolute atomic E-state index is 13.3. The minimum atomic E-state index is -0.592. The lowest BCUT2D eigenvalue weighted by atomic mass is 10.2. The number of hydrogen-bond donors (Lipinski definition) is 1. The highest BCUT2D eigenvalue weighted by Gasteiger charge is 2.20. The fraction of sp³-hybridized carbons (Fsp3) is 0.316. The molecule has 0 atom stereocenters. The van der Waals surface area contributed by atoms with E-state index in [2.05, 4.69) is 10.2 Å². The van der Waals surface area contributed by atoms with Crippen LogP contribution in [0, 0.1) is 15.9 Å². The molecule has 0 aliphatic carbocycles. The second-order valence-electron chi connectivity index (χ2n) is 6.77. The number of amides is 1. The van der Waals surface area contributed by atoms with Gasteiger partial charge in [-0.05, 0) is 29.8 Å². The van der Waals surface area contributed by atoms with Gasteiger partial charge in [0.2, 0.25) is 5.91 Å². The van der Waals surface area contributed by atoms with Crippen molar-refractivity contribution in [3.05, 3.63) is 67.9 Å². The summed E-state index contributed by atoms with van der Waals surface area (Å²) >= 11 is 11.6. The van der Waals surface area contributed by atoms with Crippen LogP contribution in [0.3, 0.4) is 0 Å². The SMILES string of the molecule is O=C(CN1CCN(Cc2ccc(F)c(Cl)c2)CC1)Nc1ccc(Cl)c([N+](=O)[O-])c1. The van der Waals surface area contributed by atoms with Crippen molar-refractivity contribution < 1.29 is 14.1 Å². The normalized spacial score (nSPS) is 15.3. The number of nitrogens with one attached hydrogen (secondary N) is 1. The minimum Gasteiger partial charge on any atom is -0.325 e. The minimum absolute atomic E-state index is 0.0200. The third kappa shape index (κ3) is 5.86. The van der Waals surface area contributed by atoms with Crippen molar-refractivity contribution in [2.24, 2.45) is 0 Å². The number of benzene rings is 2. The number of anilines is 1. The molecule has 0 spiro atoms. The topological polar surface area (TPSA) is 78.7 Å². The number of rotatable bonds is 6. The van der Waals surface area contributed by atoms with Gasteiger partial charge in [0.1, 0.15) is 10.8 Å². The van der Waals surface area contributed by atoms with E-state index >= 15 is 0 Å². The van der Waals surface area contributed by atoms with Gasteiger partial charge >= 0.3 is 0 Å². The quantitative estimate of drug-likeness (QED) is 0.545. The van der Waals surface area contributed by atoms with Gasteiger partial charge in [0.05, 0.1) is 16.5 Å². The molecule has 0 radical (unpaired) electrons. The molecule has 1 aliphatic heterocycles. The van der Waals surface area contributed by atoms with Crippen LogP contribution >= 0.6 is 23.2 Å². The van der Waals surface area contributed by atoms with Crippen LogP contribution in [-0.2, 0) is 11.3 Å². The van der Waals surface area contributed by atoms with Crippen LogP contribution in [0.1, 0.15) is 5.56 Å². The van der Waals surface area contributed by atoms with E-state index in [1.165, 1.54) is 24.3 Å². The summed E-state index contributed by atoms with van der Waals surface area (Å²) in [6, 6.07) is 8.86. The van der Waals surface area contributed by atoms with Crippen molar-refractivity contribution in [2.45, 2.75) is 6.54 Å². The van der Waals surface area contributed by atoms with E-state index in [9.17, 15) is 19.3 Å². The van der Waals surface area contributed by atoms with E-state index in [4.69, 9.17) is 23.2 Å². The molecule has 0 aromatic heterocycles. The van der Waals surface area contributed by atoms with Gasteiger partial charge < -0.3 is 5.32 Å². The number of halogens is 3. The van der Waals surface area contributed by atoms with Crippen LogP contribution in [0.15, 0.2) is 36.4 Å². The Labute approximate surface area is 177 Å². The van der Waals surface area contributed by atoms with Crippen molar-refractivity contribution >= 4 is 40.5 Å². The highest BCUT2D eigenvalue weighted by atomic mass is 35.5. The summed E-state index contributed by atoms with van der Waals surface area (Å²) < 4.78 is 13.3. The highest BCUT2D eigenvalue weighted by Crippen LogP contribution is 2.27. The molecule has 2 aromatic carbocycles. The number of carbonyl (C=O) groups excluding carboxylic acids is 1. The van der Waals surface area contributed by atoms with Gasteiger partial charge in [0.25, 0.3) is 5.69 Å². The van der Waals surface area contributed by atoms with Gasteiger partial charge in [0, 0.05) is 44.5 Å². The zero-order valence-corrected chi connectivity index (χ0v) is 16.9. The van der Waals surface area contributed by atoms with Crippen molar-refractivity contribution in [1.82, 2.24) is 9.80 Å². The van der Waals surface area contributed by atoms with Crippen molar-refractivity contribution in [3.63, 3.8) is 0 Å². The lowest BCUT2D eigenvalue weighted by Gasteiger charge is -2.34. The van der Waals surface area contributed by atoms with E-state index in [1.807, 2.05) is 4.90 Å². The molecule has 1 N–H and O–H groups in total. The molecular formula is C19H19Cl2FN4O3. The molecule has 7 nitrogen and oxygen atoms in total. The van der Waals surface area contributed by atoms with Crippen LogP contribution in [0.25, 0.3) is 0 Å². The Balaban J connectivity index is 1.48. The molecule has 0 saturated carbocycles. The summed E-state index contributed by atoms with van der Waals surface area (Å²) in [5.41, 5.74) is 1.02. The van der Waals surface area contributed by atoms with Gasteiger partial charge in [-0.2, -0.15) is 0 Å². The fourth-order valence-corrected chi connectivity index (χ4v) is 3.53. The fourth-order valence-electron chi connectivity index (χ4n) is 3.14. The first kappa shape index (κ1) is 21.4.